The maximum absolute atomic E-state index is 13.3. The van der Waals surface area contributed by atoms with Crippen molar-refractivity contribution in [3.05, 3.63) is 69.8 Å². The van der Waals surface area contributed by atoms with Gasteiger partial charge in [-0.3, -0.25) is 9.59 Å². The molecule has 1 aliphatic rings. The van der Waals surface area contributed by atoms with E-state index in [2.05, 4.69) is 10.3 Å². The second kappa shape index (κ2) is 8.40. The van der Waals surface area contributed by atoms with E-state index in [-0.39, 0.29) is 29.4 Å². The zero-order valence-electron chi connectivity index (χ0n) is 16.9. The normalized spacial score (nSPS) is 14.1. The fourth-order valence-electron chi connectivity index (χ4n) is 3.51. The minimum absolute atomic E-state index is 0.0767. The molecule has 2 aromatic heterocycles. The van der Waals surface area contributed by atoms with Crippen molar-refractivity contribution in [2.45, 2.75) is 13.5 Å². The molecule has 0 spiro atoms. The molecule has 1 saturated heterocycles. The predicted octanol–water partition coefficient (Wildman–Crippen LogP) is 1.62. The van der Waals surface area contributed by atoms with Crippen LogP contribution in [0, 0.1) is 6.92 Å². The summed E-state index contributed by atoms with van der Waals surface area (Å²) in [6, 6.07) is 11.0. The lowest BCUT2D eigenvalue weighted by molar-refractivity contribution is 0.0729. The number of piperazine rings is 1. The van der Waals surface area contributed by atoms with Gasteiger partial charge in [-0.05, 0) is 17.6 Å². The third-order valence-corrected chi connectivity index (χ3v) is 5.16. The van der Waals surface area contributed by atoms with Crippen LogP contribution in [-0.2, 0) is 13.7 Å². The number of aryl methyl sites for hydroxylation is 2. The average molecular weight is 409 g/mol. The number of hydrogen-bond acceptors (Lipinski definition) is 7. The van der Waals surface area contributed by atoms with Crippen LogP contribution in [0.3, 0.4) is 0 Å². The Bertz CT molecular complexity index is 1080. The number of ether oxygens (including phenoxy) is 1. The zero-order chi connectivity index (χ0) is 21.1. The lowest BCUT2D eigenvalue weighted by atomic mass is 10.2. The number of benzene rings is 1. The monoisotopic (exact) mass is 409 g/mol. The van der Waals surface area contributed by atoms with E-state index in [1.165, 1.54) is 6.07 Å². The highest BCUT2D eigenvalue weighted by atomic mass is 16.6. The maximum atomic E-state index is 13.3. The Kier molecular flexibility index (Phi) is 5.51. The minimum Gasteiger partial charge on any atom is -0.483 e. The van der Waals surface area contributed by atoms with Crippen molar-refractivity contribution in [2.75, 3.05) is 31.1 Å². The number of carbonyl (C=O) groups excluding carboxylic acids is 1. The van der Waals surface area contributed by atoms with E-state index in [0.717, 1.165) is 11.3 Å². The van der Waals surface area contributed by atoms with E-state index in [0.29, 0.717) is 32.0 Å². The number of nitrogens with zero attached hydrogens (tertiary/aromatic N) is 5. The molecule has 1 aliphatic heterocycles. The summed E-state index contributed by atoms with van der Waals surface area (Å²) < 4.78 is 12.2. The molecular formula is C21H23N5O4. The predicted molar refractivity (Wildman–Crippen MR) is 110 cm³/mol. The Labute approximate surface area is 173 Å². The van der Waals surface area contributed by atoms with Crippen molar-refractivity contribution in [2.24, 2.45) is 7.05 Å². The number of amides is 1. The van der Waals surface area contributed by atoms with Gasteiger partial charge >= 0.3 is 0 Å². The van der Waals surface area contributed by atoms with Crippen LogP contribution in [0.1, 0.15) is 21.7 Å². The molecule has 0 radical (unpaired) electrons. The van der Waals surface area contributed by atoms with E-state index in [1.807, 2.05) is 42.2 Å². The molecule has 3 aromatic rings. The van der Waals surface area contributed by atoms with Crippen LogP contribution in [0.2, 0.25) is 0 Å². The number of hydrogen-bond donors (Lipinski definition) is 0. The van der Waals surface area contributed by atoms with Crippen LogP contribution >= 0.6 is 0 Å². The summed E-state index contributed by atoms with van der Waals surface area (Å²) in [6.07, 6.45) is 1.59. The summed E-state index contributed by atoms with van der Waals surface area (Å²) >= 11 is 0. The van der Waals surface area contributed by atoms with E-state index in [1.54, 1.807) is 22.7 Å². The largest absolute Gasteiger partial charge is 0.483 e. The first kappa shape index (κ1) is 19.7. The smallest absolute Gasteiger partial charge is 0.274 e. The molecule has 3 heterocycles. The highest BCUT2D eigenvalue weighted by Gasteiger charge is 2.28. The summed E-state index contributed by atoms with van der Waals surface area (Å²) in [5.41, 5.74) is 1.59. The van der Waals surface area contributed by atoms with Crippen LogP contribution in [0.5, 0.6) is 5.75 Å². The molecule has 0 unspecified atom stereocenters. The zero-order valence-corrected chi connectivity index (χ0v) is 16.9. The van der Waals surface area contributed by atoms with Crippen molar-refractivity contribution in [3.63, 3.8) is 0 Å². The molecule has 0 aliphatic carbocycles. The first-order valence-corrected chi connectivity index (χ1v) is 9.74. The lowest BCUT2D eigenvalue weighted by Crippen LogP contribution is -2.49. The van der Waals surface area contributed by atoms with Crippen molar-refractivity contribution in [1.29, 1.82) is 0 Å². The van der Waals surface area contributed by atoms with E-state index in [9.17, 15) is 9.59 Å². The van der Waals surface area contributed by atoms with Gasteiger partial charge in [-0.25, -0.2) is 4.63 Å². The molecule has 1 aromatic carbocycles. The number of rotatable bonds is 5. The van der Waals surface area contributed by atoms with Crippen molar-refractivity contribution in [1.82, 2.24) is 19.8 Å². The molecule has 4 rings (SSSR count). The lowest BCUT2D eigenvalue weighted by Gasteiger charge is -2.35. The van der Waals surface area contributed by atoms with Crippen LogP contribution < -0.4 is 15.1 Å². The number of aromatic nitrogens is 3. The molecule has 9 nitrogen and oxygen atoms in total. The number of anilines is 1. The van der Waals surface area contributed by atoms with E-state index in [4.69, 9.17) is 9.37 Å². The van der Waals surface area contributed by atoms with Crippen LogP contribution in [0.15, 0.2) is 52.0 Å². The van der Waals surface area contributed by atoms with Crippen LogP contribution in [0.25, 0.3) is 0 Å². The standard InChI is InChI=1S/C21H23N5O4/c1-15-20(23-30-22-15)25-10-12-26(13-11-25)21(28)18-19(17(27)8-9-24(18)2)29-14-16-6-4-3-5-7-16/h3-9H,10-14H2,1-2H3. The van der Waals surface area contributed by atoms with Gasteiger partial charge in [0.05, 0.1) is 0 Å². The summed E-state index contributed by atoms with van der Waals surface area (Å²) in [4.78, 5) is 29.5. The first-order chi connectivity index (χ1) is 14.5. The van der Waals surface area contributed by atoms with Gasteiger partial charge in [0.25, 0.3) is 5.91 Å². The van der Waals surface area contributed by atoms with E-state index >= 15 is 0 Å². The molecular weight excluding hydrogens is 386 g/mol. The summed E-state index contributed by atoms with van der Waals surface area (Å²) in [7, 11) is 1.74. The minimum atomic E-state index is -0.310. The van der Waals surface area contributed by atoms with Crippen LogP contribution in [-0.4, -0.2) is 51.9 Å². The summed E-state index contributed by atoms with van der Waals surface area (Å²) in [5.74, 6) is 0.543. The molecule has 0 saturated carbocycles. The van der Waals surface area contributed by atoms with Gasteiger partial charge in [0.1, 0.15) is 12.3 Å². The summed E-state index contributed by atoms with van der Waals surface area (Å²) in [5, 5.41) is 7.74. The van der Waals surface area contributed by atoms with Gasteiger partial charge in [0.15, 0.2) is 17.3 Å². The molecule has 1 amide bonds. The second-order valence-electron chi connectivity index (χ2n) is 7.20. The quantitative estimate of drug-likeness (QED) is 0.632. The molecule has 30 heavy (non-hydrogen) atoms. The van der Waals surface area contributed by atoms with Gasteiger partial charge < -0.3 is 19.1 Å². The molecule has 0 atom stereocenters. The molecule has 9 heteroatoms. The van der Waals surface area contributed by atoms with E-state index < -0.39 is 0 Å². The molecule has 0 N–H and O–H groups in total. The number of carbonyl (C=O) groups is 1. The SMILES string of the molecule is Cc1nonc1N1CCN(C(=O)c2c(OCc3ccccc3)c(=O)ccn2C)CC1. The van der Waals surface area contributed by atoms with Gasteiger partial charge in [0.2, 0.25) is 5.43 Å². The highest BCUT2D eigenvalue weighted by Crippen LogP contribution is 2.21. The third-order valence-electron chi connectivity index (χ3n) is 5.16. The fourth-order valence-corrected chi connectivity index (χ4v) is 3.51. The Hall–Kier alpha value is -3.62. The van der Waals surface area contributed by atoms with Crippen molar-refractivity contribution in [3.8, 4) is 5.75 Å². The number of pyridine rings is 1. The average Bonchev–Trinajstić information content (AvgIpc) is 3.20. The second-order valence-corrected chi connectivity index (χ2v) is 7.20. The van der Waals surface area contributed by atoms with Gasteiger partial charge in [-0.1, -0.05) is 35.5 Å². The third kappa shape index (κ3) is 3.91. The Balaban J connectivity index is 1.52. The molecule has 1 fully saturated rings. The topological polar surface area (TPSA) is 93.7 Å². The van der Waals surface area contributed by atoms with Crippen LogP contribution in [0.4, 0.5) is 5.82 Å². The fraction of sp³-hybridized carbons (Fsp3) is 0.333. The van der Waals surface area contributed by atoms with Gasteiger partial charge in [-0.15, -0.1) is 0 Å². The van der Waals surface area contributed by atoms with Gasteiger partial charge in [-0.2, -0.15) is 0 Å². The van der Waals surface area contributed by atoms with Gasteiger partial charge in [0, 0.05) is 45.5 Å². The Morgan fingerprint density at radius 1 is 1.10 bits per heavy atom. The van der Waals surface area contributed by atoms with Crippen molar-refractivity contribution < 1.29 is 14.2 Å². The first-order valence-electron chi connectivity index (χ1n) is 9.74. The highest BCUT2D eigenvalue weighted by molar-refractivity contribution is 5.95. The molecule has 156 valence electrons. The molecule has 0 bridgehead atoms. The summed E-state index contributed by atoms with van der Waals surface area (Å²) in [6.45, 7) is 4.23. The Morgan fingerprint density at radius 3 is 2.50 bits per heavy atom. The maximum Gasteiger partial charge on any atom is 0.274 e. The Morgan fingerprint density at radius 2 is 1.83 bits per heavy atom. The van der Waals surface area contributed by atoms with Crippen molar-refractivity contribution >= 4 is 11.7 Å².